The number of benzene rings is 1. The van der Waals surface area contributed by atoms with Gasteiger partial charge in [0.1, 0.15) is 0 Å². The van der Waals surface area contributed by atoms with Crippen LogP contribution >= 0.6 is 0 Å². The van der Waals surface area contributed by atoms with Crippen molar-refractivity contribution < 1.29 is 0 Å². The molecule has 2 heteroatoms. The van der Waals surface area contributed by atoms with Crippen LogP contribution in [0.5, 0.6) is 0 Å². The van der Waals surface area contributed by atoms with Crippen molar-refractivity contribution in [3.8, 4) is 0 Å². The Morgan fingerprint density at radius 2 is 1.90 bits per heavy atom. The normalized spacial score (nSPS) is 26.2. The predicted octanol–water partition coefficient (Wildman–Crippen LogP) is 4.03. The summed E-state index contributed by atoms with van der Waals surface area (Å²) in [6.45, 7) is 7.02. The Kier molecular flexibility index (Phi) is 6.72. The average Bonchev–Trinajstić information content (AvgIpc) is 2.56. The predicted molar refractivity (Wildman–Crippen MR) is 91.8 cm³/mol. The minimum absolute atomic E-state index is 0.654. The molecule has 1 aromatic rings. The molecule has 1 aliphatic carbocycles. The van der Waals surface area contributed by atoms with E-state index in [0.29, 0.717) is 12.1 Å². The molecule has 118 valence electrons. The Balaban J connectivity index is 2.07. The number of likely N-dealkylation sites (N-methyl/N-ethyl adjacent to an activating group) is 2. The lowest BCUT2D eigenvalue weighted by atomic mass is 9.78. The first kappa shape index (κ1) is 16.5. The molecule has 0 bridgehead atoms. The van der Waals surface area contributed by atoms with Crippen LogP contribution in [0.25, 0.3) is 0 Å². The van der Waals surface area contributed by atoms with Crippen LogP contribution in [0.2, 0.25) is 0 Å². The molecule has 0 radical (unpaired) electrons. The van der Waals surface area contributed by atoms with Gasteiger partial charge in [-0.3, -0.25) is 4.90 Å². The van der Waals surface area contributed by atoms with Gasteiger partial charge in [0.05, 0.1) is 0 Å². The fraction of sp³-hybridized carbons (Fsp3) is 0.684. The van der Waals surface area contributed by atoms with Crippen molar-refractivity contribution in [3.05, 3.63) is 35.9 Å². The highest BCUT2D eigenvalue weighted by Crippen LogP contribution is 2.35. The molecule has 3 unspecified atom stereocenters. The average molecular weight is 288 g/mol. The molecule has 1 fully saturated rings. The molecule has 0 saturated heterocycles. The van der Waals surface area contributed by atoms with Gasteiger partial charge in [0.15, 0.2) is 0 Å². The van der Waals surface area contributed by atoms with Gasteiger partial charge in [-0.15, -0.1) is 0 Å². The van der Waals surface area contributed by atoms with E-state index in [-0.39, 0.29) is 0 Å². The fourth-order valence-corrected chi connectivity index (χ4v) is 3.83. The summed E-state index contributed by atoms with van der Waals surface area (Å²) >= 11 is 0. The van der Waals surface area contributed by atoms with Gasteiger partial charge in [0.25, 0.3) is 0 Å². The van der Waals surface area contributed by atoms with Crippen LogP contribution in [-0.4, -0.2) is 37.1 Å². The molecule has 0 aromatic heterocycles. The molecular formula is C19H32N2. The Hall–Kier alpha value is -0.860. The molecule has 1 aromatic carbocycles. The van der Waals surface area contributed by atoms with Gasteiger partial charge >= 0.3 is 0 Å². The van der Waals surface area contributed by atoms with E-state index in [4.69, 9.17) is 0 Å². The van der Waals surface area contributed by atoms with Crippen LogP contribution in [-0.2, 0) is 0 Å². The topological polar surface area (TPSA) is 15.3 Å². The van der Waals surface area contributed by atoms with Crippen LogP contribution < -0.4 is 5.32 Å². The molecule has 1 saturated carbocycles. The molecule has 2 rings (SSSR count). The van der Waals surface area contributed by atoms with E-state index < -0.39 is 0 Å². The third-order valence-corrected chi connectivity index (χ3v) is 5.13. The summed E-state index contributed by atoms with van der Waals surface area (Å²) in [7, 11) is 2.13. The lowest BCUT2D eigenvalue weighted by Gasteiger charge is -2.42. The van der Waals surface area contributed by atoms with Gasteiger partial charge in [-0.2, -0.15) is 0 Å². The molecule has 2 nitrogen and oxygen atoms in total. The summed E-state index contributed by atoms with van der Waals surface area (Å²) < 4.78 is 0. The van der Waals surface area contributed by atoms with Gasteiger partial charge in [-0.25, -0.2) is 0 Å². The molecule has 1 N–H and O–H groups in total. The molecular weight excluding hydrogens is 256 g/mol. The molecule has 0 spiro atoms. The number of nitrogens with one attached hydrogen (secondary N) is 1. The summed E-state index contributed by atoms with van der Waals surface area (Å²) in [5, 5.41) is 3.58. The largest absolute Gasteiger partial charge is 0.315 e. The fourth-order valence-electron chi connectivity index (χ4n) is 3.83. The summed E-state index contributed by atoms with van der Waals surface area (Å²) in [5.74, 6) is 0.733. The molecule has 3 atom stereocenters. The number of nitrogens with zero attached hydrogens (tertiary/aromatic N) is 1. The molecule has 1 aliphatic rings. The van der Waals surface area contributed by atoms with E-state index in [0.717, 1.165) is 5.92 Å². The van der Waals surface area contributed by atoms with Crippen molar-refractivity contribution >= 4 is 0 Å². The lowest BCUT2D eigenvalue weighted by molar-refractivity contribution is 0.120. The van der Waals surface area contributed by atoms with E-state index in [1.165, 1.54) is 50.8 Å². The highest BCUT2D eigenvalue weighted by molar-refractivity contribution is 5.21. The maximum atomic E-state index is 3.58. The summed E-state index contributed by atoms with van der Waals surface area (Å²) in [4.78, 5) is 2.71. The zero-order chi connectivity index (χ0) is 15.1. The van der Waals surface area contributed by atoms with Gasteiger partial charge in [0.2, 0.25) is 0 Å². The zero-order valence-electron chi connectivity index (χ0n) is 14.0. The lowest BCUT2D eigenvalue weighted by Crippen LogP contribution is -2.52. The van der Waals surface area contributed by atoms with Crippen molar-refractivity contribution in [3.63, 3.8) is 0 Å². The van der Waals surface area contributed by atoms with E-state index >= 15 is 0 Å². The summed E-state index contributed by atoms with van der Waals surface area (Å²) in [6.07, 6.45) is 6.51. The SMILES string of the molecule is CCCCN(CC)C1CC(c2ccccc2)CCC1NC. The maximum Gasteiger partial charge on any atom is 0.0254 e. The van der Waals surface area contributed by atoms with Crippen LogP contribution in [0, 0.1) is 0 Å². The van der Waals surface area contributed by atoms with Gasteiger partial charge < -0.3 is 5.32 Å². The Bertz CT molecular complexity index is 390. The van der Waals surface area contributed by atoms with Crippen molar-refractivity contribution in [2.75, 3.05) is 20.1 Å². The second-order valence-corrected chi connectivity index (χ2v) is 6.37. The maximum absolute atomic E-state index is 3.58. The third kappa shape index (κ3) is 4.31. The molecule has 0 aliphatic heterocycles. The third-order valence-electron chi connectivity index (χ3n) is 5.13. The highest BCUT2D eigenvalue weighted by Gasteiger charge is 2.33. The number of unbranched alkanes of at least 4 members (excludes halogenated alkanes) is 1. The van der Waals surface area contributed by atoms with Gasteiger partial charge in [-0.05, 0) is 57.3 Å². The zero-order valence-corrected chi connectivity index (χ0v) is 14.0. The van der Waals surface area contributed by atoms with Gasteiger partial charge in [-0.1, -0.05) is 50.6 Å². The van der Waals surface area contributed by atoms with E-state index in [1.807, 2.05) is 0 Å². The van der Waals surface area contributed by atoms with Crippen molar-refractivity contribution in [1.82, 2.24) is 10.2 Å². The van der Waals surface area contributed by atoms with E-state index in [9.17, 15) is 0 Å². The molecule has 21 heavy (non-hydrogen) atoms. The van der Waals surface area contributed by atoms with Crippen molar-refractivity contribution in [1.29, 1.82) is 0 Å². The molecule has 0 heterocycles. The second-order valence-electron chi connectivity index (χ2n) is 6.37. The number of rotatable bonds is 7. The van der Waals surface area contributed by atoms with Crippen molar-refractivity contribution in [2.24, 2.45) is 0 Å². The highest BCUT2D eigenvalue weighted by atomic mass is 15.2. The van der Waals surface area contributed by atoms with Crippen LogP contribution in [0.15, 0.2) is 30.3 Å². The van der Waals surface area contributed by atoms with E-state index in [2.05, 4.69) is 61.4 Å². The Morgan fingerprint density at radius 3 is 2.52 bits per heavy atom. The minimum atomic E-state index is 0.654. The minimum Gasteiger partial charge on any atom is -0.315 e. The summed E-state index contributed by atoms with van der Waals surface area (Å²) in [6, 6.07) is 12.5. The first-order valence-corrected chi connectivity index (χ1v) is 8.76. The van der Waals surface area contributed by atoms with Crippen LogP contribution in [0.1, 0.15) is 57.4 Å². The monoisotopic (exact) mass is 288 g/mol. The van der Waals surface area contributed by atoms with Crippen molar-refractivity contribution in [2.45, 2.75) is 64.0 Å². The Morgan fingerprint density at radius 1 is 1.14 bits per heavy atom. The second kappa shape index (κ2) is 8.55. The summed E-state index contributed by atoms with van der Waals surface area (Å²) in [5.41, 5.74) is 1.53. The standard InChI is InChI=1S/C19H32N2/c1-4-6-14-21(5-2)19-15-17(12-13-18(19)20-3)16-10-8-7-9-11-16/h7-11,17-20H,4-6,12-15H2,1-3H3. The number of hydrogen-bond acceptors (Lipinski definition) is 2. The van der Waals surface area contributed by atoms with Crippen LogP contribution in [0.4, 0.5) is 0 Å². The first-order valence-electron chi connectivity index (χ1n) is 8.76. The smallest absolute Gasteiger partial charge is 0.0254 e. The molecule has 0 amide bonds. The van der Waals surface area contributed by atoms with E-state index in [1.54, 1.807) is 0 Å². The quantitative estimate of drug-likeness (QED) is 0.815. The Labute approximate surface area is 130 Å². The van der Waals surface area contributed by atoms with Crippen LogP contribution in [0.3, 0.4) is 0 Å². The number of hydrogen-bond donors (Lipinski definition) is 1. The first-order chi connectivity index (χ1) is 10.3. The van der Waals surface area contributed by atoms with Gasteiger partial charge in [0, 0.05) is 12.1 Å².